The molecule has 0 spiro atoms. The SMILES string of the molecule is O=C(Cc1ccnc(NS(=O)(=O)C2CC2)n1)Nc1ccc(-c2ccccc2)cc1. The molecule has 0 saturated heterocycles. The number of anilines is 2. The van der Waals surface area contributed by atoms with Crippen LogP contribution in [-0.2, 0) is 21.2 Å². The summed E-state index contributed by atoms with van der Waals surface area (Å²) >= 11 is 0. The molecule has 1 saturated carbocycles. The monoisotopic (exact) mass is 408 g/mol. The number of amides is 1. The van der Waals surface area contributed by atoms with Gasteiger partial charge in [-0.3, -0.25) is 9.52 Å². The maximum absolute atomic E-state index is 12.3. The predicted molar refractivity (Wildman–Crippen MR) is 112 cm³/mol. The average Bonchev–Trinajstić information content (AvgIpc) is 3.55. The number of nitrogens with one attached hydrogen (secondary N) is 2. The second kappa shape index (κ2) is 8.00. The van der Waals surface area contributed by atoms with Gasteiger partial charge in [0, 0.05) is 11.9 Å². The van der Waals surface area contributed by atoms with Gasteiger partial charge in [-0.1, -0.05) is 42.5 Å². The number of benzene rings is 2. The van der Waals surface area contributed by atoms with Crippen molar-refractivity contribution in [2.24, 2.45) is 0 Å². The maximum atomic E-state index is 12.3. The molecule has 3 aromatic rings. The number of hydrogen-bond acceptors (Lipinski definition) is 5. The van der Waals surface area contributed by atoms with Crippen molar-refractivity contribution < 1.29 is 13.2 Å². The summed E-state index contributed by atoms with van der Waals surface area (Å²) in [6.45, 7) is 0. The van der Waals surface area contributed by atoms with E-state index in [2.05, 4.69) is 20.0 Å². The van der Waals surface area contributed by atoms with Crippen LogP contribution in [0.4, 0.5) is 11.6 Å². The second-order valence-corrected chi connectivity index (χ2v) is 8.85. The van der Waals surface area contributed by atoms with Crippen molar-refractivity contribution in [2.45, 2.75) is 24.5 Å². The number of carbonyl (C=O) groups is 1. The van der Waals surface area contributed by atoms with Gasteiger partial charge in [-0.25, -0.2) is 18.4 Å². The highest BCUT2D eigenvalue weighted by Gasteiger charge is 2.36. The third-order valence-electron chi connectivity index (χ3n) is 4.53. The Bertz CT molecular complexity index is 1110. The number of aromatic nitrogens is 2. The Balaban J connectivity index is 1.38. The minimum absolute atomic E-state index is 0.00517. The van der Waals surface area contributed by atoms with E-state index in [4.69, 9.17) is 0 Å². The molecule has 1 aliphatic rings. The number of rotatable bonds is 7. The molecule has 1 amide bonds. The van der Waals surface area contributed by atoms with E-state index < -0.39 is 10.0 Å². The summed E-state index contributed by atoms with van der Waals surface area (Å²) < 4.78 is 26.4. The molecule has 148 valence electrons. The molecule has 1 fully saturated rings. The van der Waals surface area contributed by atoms with Crippen LogP contribution in [0.5, 0.6) is 0 Å². The van der Waals surface area contributed by atoms with Gasteiger partial charge < -0.3 is 5.32 Å². The number of hydrogen-bond donors (Lipinski definition) is 2. The van der Waals surface area contributed by atoms with E-state index in [9.17, 15) is 13.2 Å². The molecule has 1 aliphatic carbocycles. The van der Waals surface area contributed by atoms with Gasteiger partial charge in [0.15, 0.2) is 0 Å². The van der Waals surface area contributed by atoms with E-state index in [0.717, 1.165) is 11.1 Å². The van der Waals surface area contributed by atoms with Gasteiger partial charge in [-0.15, -0.1) is 0 Å². The lowest BCUT2D eigenvalue weighted by atomic mass is 10.1. The highest BCUT2D eigenvalue weighted by atomic mass is 32.2. The molecule has 0 unspecified atom stereocenters. The van der Waals surface area contributed by atoms with E-state index >= 15 is 0 Å². The molecule has 0 radical (unpaired) electrons. The second-order valence-electron chi connectivity index (χ2n) is 6.89. The molecule has 7 nitrogen and oxygen atoms in total. The Hall–Kier alpha value is -3.26. The largest absolute Gasteiger partial charge is 0.326 e. The molecule has 0 bridgehead atoms. The van der Waals surface area contributed by atoms with Crippen LogP contribution in [0.3, 0.4) is 0 Å². The highest BCUT2D eigenvalue weighted by Crippen LogP contribution is 2.29. The Morgan fingerprint density at radius 2 is 1.66 bits per heavy atom. The fourth-order valence-corrected chi connectivity index (χ4v) is 4.16. The van der Waals surface area contributed by atoms with Crippen LogP contribution in [0, 0.1) is 0 Å². The average molecular weight is 408 g/mol. The van der Waals surface area contributed by atoms with Crippen molar-refractivity contribution in [3.05, 3.63) is 72.6 Å². The van der Waals surface area contributed by atoms with Gasteiger partial charge in [-0.05, 0) is 42.2 Å². The first kappa shape index (κ1) is 19.1. The molecule has 1 aromatic heterocycles. The third-order valence-corrected chi connectivity index (χ3v) is 6.34. The molecular formula is C21H20N4O3S. The summed E-state index contributed by atoms with van der Waals surface area (Å²) in [5.41, 5.74) is 3.28. The van der Waals surface area contributed by atoms with Crippen LogP contribution < -0.4 is 10.0 Å². The quantitative estimate of drug-likeness (QED) is 0.625. The van der Waals surface area contributed by atoms with Crippen molar-refractivity contribution in [2.75, 3.05) is 10.0 Å². The minimum Gasteiger partial charge on any atom is -0.326 e. The number of nitrogens with zero attached hydrogens (tertiary/aromatic N) is 2. The van der Waals surface area contributed by atoms with Gasteiger partial charge in [0.2, 0.25) is 21.9 Å². The zero-order valence-electron chi connectivity index (χ0n) is 15.6. The summed E-state index contributed by atoms with van der Waals surface area (Å²) in [6.07, 6.45) is 2.76. The molecule has 2 aromatic carbocycles. The van der Waals surface area contributed by atoms with Gasteiger partial charge in [-0.2, -0.15) is 0 Å². The van der Waals surface area contributed by atoms with Crippen LogP contribution in [0.25, 0.3) is 11.1 Å². The lowest BCUT2D eigenvalue weighted by Gasteiger charge is -2.08. The van der Waals surface area contributed by atoms with Gasteiger partial charge in [0.05, 0.1) is 17.4 Å². The molecule has 29 heavy (non-hydrogen) atoms. The lowest BCUT2D eigenvalue weighted by Crippen LogP contribution is -2.20. The van der Waals surface area contributed by atoms with E-state index in [1.165, 1.54) is 6.20 Å². The maximum Gasteiger partial charge on any atom is 0.237 e. The van der Waals surface area contributed by atoms with Crippen LogP contribution in [0.1, 0.15) is 18.5 Å². The number of carbonyl (C=O) groups excluding carboxylic acids is 1. The summed E-state index contributed by atoms with van der Waals surface area (Å²) in [4.78, 5) is 20.4. The molecule has 2 N–H and O–H groups in total. The van der Waals surface area contributed by atoms with Gasteiger partial charge in [0.25, 0.3) is 0 Å². The topological polar surface area (TPSA) is 101 Å². The van der Waals surface area contributed by atoms with Gasteiger partial charge >= 0.3 is 0 Å². The Morgan fingerprint density at radius 1 is 0.966 bits per heavy atom. The molecule has 4 rings (SSSR count). The van der Waals surface area contributed by atoms with Crippen molar-refractivity contribution >= 4 is 27.6 Å². The number of sulfonamides is 1. The normalized spacial score (nSPS) is 13.7. The fraction of sp³-hybridized carbons (Fsp3) is 0.190. The van der Waals surface area contributed by atoms with Crippen LogP contribution in [0.15, 0.2) is 66.9 Å². The van der Waals surface area contributed by atoms with Crippen LogP contribution >= 0.6 is 0 Å². The van der Waals surface area contributed by atoms with Crippen molar-refractivity contribution in [1.29, 1.82) is 0 Å². The molecule has 0 atom stereocenters. The van der Waals surface area contributed by atoms with Crippen molar-refractivity contribution in [1.82, 2.24) is 9.97 Å². The van der Waals surface area contributed by atoms with E-state index in [-0.39, 0.29) is 23.5 Å². The highest BCUT2D eigenvalue weighted by molar-refractivity contribution is 7.93. The summed E-state index contributed by atoms with van der Waals surface area (Å²) in [7, 11) is -3.44. The standard InChI is InChI=1S/C21H20N4O3S/c26-20(23-17-8-6-16(7-9-17)15-4-2-1-3-5-15)14-18-12-13-22-21(24-18)25-29(27,28)19-10-11-19/h1-9,12-13,19H,10-11,14H2,(H,23,26)(H,22,24,25). The Kier molecular flexibility index (Phi) is 5.26. The van der Waals surface area contributed by atoms with E-state index in [1.807, 2.05) is 54.6 Å². The molecular weight excluding hydrogens is 388 g/mol. The lowest BCUT2D eigenvalue weighted by molar-refractivity contribution is -0.115. The third kappa shape index (κ3) is 4.97. The zero-order chi connectivity index (χ0) is 20.3. The van der Waals surface area contributed by atoms with Crippen molar-refractivity contribution in [3.8, 4) is 11.1 Å². The summed E-state index contributed by atoms with van der Waals surface area (Å²) in [5.74, 6) is -0.249. The Morgan fingerprint density at radius 3 is 2.34 bits per heavy atom. The smallest absolute Gasteiger partial charge is 0.237 e. The van der Waals surface area contributed by atoms with E-state index in [0.29, 0.717) is 24.2 Å². The summed E-state index contributed by atoms with van der Waals surface area (Å²) in [5, 5.41) is 2.46. The molecule has 0 aliphatic heterocycles. The Labute approximate surface area is 169 Å². The van der Waals surface area contributed by atoms with Crippen molar-refractivity contribution in [3.63, 3.8) is 0 Å². The first-order valence-corrected chi connectivity index (χ1v) is 10.8. The van der Waals surface area contributed by atoms with E-state index in [1.54, 1.807) is 6.07 Å². The molecule has 1 heterocycles. The first-order valence-electron chi connectivity index (χ1n) is 9.28. The fourth-order valence-electron chi connectivity index (χ4n) is 2.88. The minimum atomic E-state index is -3.44. The summed E-state index contributed by atoms with van der Waals surface area (Å²) in [6, 6.07) is 19.1. The molecule has 8 heteroatoms. The van der Waals surface area contributed by atoms with Gasteiger partial charge in [0.1, 0.15) is 0 Å². The van der Waals surface area contributed by atoms with Crippen LogP contribution in [-0.4, -0.2) is 29.5 Å². The predicted octanol–water partition coefficient (Wildman–Crippen LogP) is 3.23. The van der Waals surface area contributed by atoms with Crippen LogP contribution in [0.2, 0.25) is 0 Å². The zero-order valence-corrected chi connectivity index (χ0v) is 16.4. The first-order chi connectivity index (χ1) is 14.0.